The van der Waals surface area contributed by atoms with E-state index in [4.69, 9.17) is 4.98 Å². The molecule has 0 amide bonds. The van der Waals surface area contributed by atoms with Crippen LogP contribution in [0.25, 0.3) is 27.7 Å². The highest BCUT2D eigenvalue weighted by molar-refractivity contribution is 5.85. The smallest absolute Gasteiger partial charge is 0.371 e. The number of imidazole rings is 1. The minimum atomic E-state index is -4.44. The van der Waals surface area contributed by atoms with Crippen LogP contribution in [0.4, 0.5) is 18.9 Å². The lowest BCUT2D eigenvalue weighted by Gasteiger charge is -2.37. The predicted molar refractivity (Wildman–Crippen MR) is 139 cm³/mol. The quantitative estimate of drug-likeness (QED) is 0.323. The van der Waals surface area contributed by atoms with Crippen molar-refractivity contribution in [1.29, 1.82) is 0 Å². The first-order valence-electron chi connectivity index (χ1n) is 12.5. The Hall–Kier alpha value is -3.13. The zero-order valence-electron chi connectivity index (χ0n) is 21.4. The predicted octanol–water partition coefficient (Wildman–Crippen LogP) is 6.53. The number of halogens is 3. The summed E-state index contributed by atoms with van der Waals surface area (Å²) in [5.41, 5.74) is 4.37. The first kappa shape index (κ1) is 24.6. The second-order valence-corrected chi connectivity index (χ2v) is 10.3. The zero-order chi connectivity index (χ0) is 25.8. The van der Waals surface area contributed by atoms with Gasteiger partial charge in [-0.25, -0.2) is 4.98 Å². The van der Waals surface area contributed by atoms with Crippen molar-refractivity contribution in [3.05, 3.63) is 59.7 Å². The van der Waals surface area contributed by atoms with Gasteiger partial charge < -0.3 is 9.80 Å². The number of aryl methyl sites for hydroxylation is 1. The summed E-state index contributed by atoms with van der Waals surface area (Å²) in [6.45, 7) is 7.35. The lowest BCUT2D eigenvalue weighted by molar-refractivity contribution is -0.137. The normalized spacial score (nSPS) is 15.7. The second-order valence-electron chi connectivity index (χ2n) is 10.3. The number of alkyl halides is 3. The van der Waals surface area contributed by atoms with E-state index in [1.165, 1.54) is 6.07 Å². The van der Waals surface area contributed by atoms with Gasteiger partial charge in [-0.05, 0) is 69.3 Å². The number of nitrogens with zero attached hydrogens (tertiary/aromatic N) is 5. The van der Waals surface area contributed by atoms with Crippen molar-refractivity contribution in [3.8, 4) is 11.1 Å². The van der Waals surface area contributed by atoms with Crippen molar-refractivity contribution in [2.75, 3.05) is 32.1 Å². The molecule has 0 unspecified atom stereocenters. The molecule has 1 aliphatic rings. The van der Waals surface area contributed by atoms with Crippen LogP contribution in [0, 0.1) is 6.92 Å². The molecule has 4 aromatic rings. The molecule has 5 rings (SSSR count). The summed E-state index contributed by atoms with van der Waals surface area (Å²) in [6, 6.07) is 10.8. The number of piperidine rings is 1. The fourth-order valence-electron chi connectivity index (χ4n) is 5.32. The Morgan fingerprint density at radius 1 is 0.972 bits per heavy atom. The van der Waals surface area contributed by atoms with Crippen LogP contribution in [-0.2, 0) is 6.18 Å². The maximum Gasteiger partial charge on any atom is 0.418 e. The highest BCUT2D eigenvalue weighted by Crippen LogP contribution is 2.40. The standard InChI is InChI=1S/C28H32F3N5/c1-17(2)27-33-18(3)26-16-32-23-8-6-20(15-25(23)36(26)27)19-7-9-24(22(14-19)28(29,30)31)35-12-10-21(11-13-35)34(4)5/h6-9,14-17,21H,10-13H2,1-5H3. The highest BCUT2D eigenvalue weighted by atomic mass is 19.4. The molecule has 0 aliphatic carbocycles. The molecular weight excluding hydrogens is 463 g/mol. The molecule has 1 fully saturated rings. The number of fused-ring (bicyclic) bond motifs is 3. The van der Waals surface area contributed by atoms with Crippen LogP contribution >= 0.6 is 0 Å². The number of hydrogen-bond donors (Lipinski definition) is 0. The summed E-state index contributed by atoms with van der Waals surface area (Å²) in [4.78, 5) is 13.3. The lowest BCUT2D eigenvalue weighted by Crippen LogP contribution is -2.42. The molecule has 2 aromatic heterocycles. The van der Waals surface area contributed by atoms with Gasteiger partial charge in [0.05, 0.1) is 34.0 Å². The zero-order valence-corrected chi connectivity index (χ0v) is 21.4. The van der Waals surface area contributed by atoms with Gasteiger partial charge in [0.1, 0.15) is 5.82 Å². The largest absolute Gasteiger partial charge is 0.418 e. The lowest BCUT2D eigenvalue weighted by atomic mass is 9.98. The third-order valence-corrected chi connectivity index (χ3v) is 7.35. The molecule has 1 aliphatic heterocycles. The fraction of sp³-hybridized carbons (Fsp3) is 0.429. The molecule has 0 radical (unpaired) electrons. The van der Waals surface area contributed by atoms with Crippen molar-refractivity contribution in [1.82, 2.24) is 19.3 Å². The molecule has 2 aromatic carbocycles. The molecular formula is C28H32F3N5. The fourth-order valence-corrected chi connectivity index (χ4v) is 5.32. The molecule has 3 heterocycles. The van der Waals surface area contributed by atoms with Crippen LogP contribution in [0.2, 0.25) is 0 Å². The van der Waals surface area contributed by atoms with Crippen molar-refractivity contribution >= 4 is 22.2 Å². The van der Waals surface area contributed by atoms with E-state index in [1.54, 1.807) is 12.1 Å². The van der Waals surface area contributed by atoms with Gasteiger partial charge in [-0.1, -0.05) is 26.0 Å². The third-order valence-electron chi connectivity index (χ3n) is 7.35. The Labute approximate surface area is 209 Å². The summed E-state index contributed by atoms with van der Waals surface area (Å²) >= 11 is 0. The van der Waals surface area contributed by atoms with Crippen LogP contribution in [0.1, 0.15) is 49.7 Å². The number of aromatic nitrogens is 3. The summed E-state index contributed by atoms with van der Waals surface area (Å²) in [5.74, 6) is 1.10. The van der Waals surface area contributed by atoms with Crippen molar-refractivity contribution in [2.45, 2.75) is 51.7 Å². The van der Waals surface area contributed by atoms with Crippen LogP contribution < -0.4 is 4.90 Å². The maximum absolute atomic E-state index is 14.3. The Morgan fingerprint density at radius 2 is 1.64 bits per heavy atom. The second kappa shape index (κ2) is 9.07. The van der Waals surface area contributed by atoms with Gasteiger partial charge in [0.15, 0.2) is 0 Å². The maximum atomic E-state index is 14.3. The summed E-state index contributed by atoms with van der Waals surface area (Å²) < 4.78 is 44.8. The number of rotatable bonds is 4. The molecule has 0 bridgehead atoms. The minimum absolute atomic E-state index is 0.188. The third kappa shape index (κ3) is 4.32. The molecule has 5 nitrogen and oxygen atoms in total. The number of anilines is 1. The highest BCUT2D eigenvalue weighted by Gasteiger charge is 2.36. The SMILES string of the molecule is Cc1nc(C(C)C)n2c1cnc1ccc(-c3ccc(N4CCC(N(C)C)CC4)c(C(F)(F)F)c3)cc12. The van der Waals surface area contributed by atoms with E-state index < -0.39 is 11.7 Å². The van der Waals surface area contributed by atoms with E-state index in [0.29, 0.717) is 24.7 Å². The van der Waals surface area contributed by atoms with E-state index in [0.717, 1.165) is 46.5 Å². The van der Waals surface area contributed by atoms with Gasteiger partial charge in [0, 0.05) is 30.7 Å². The Balaban J connectivity index is 1.59. The summed E-state index contributed by atoms with van der Waals surface area (Å²) in [5, 5.41) is 0. The average molecular weight is 496 g/mol. The van der Waals surface area contributed by atoms with Crippen molar-refractivity contribution < 1.29 is 13.2 Å². The van der Waals surface area contributed by atoms with Gasteiger partial charge in [-0.2, -0.15) is 13.2 Å². The molecule has 0 N–H and O–H groups in total. The van der Waals surface area contributed by atoms with Crippen LogP contribution in [0.3, 0.4) is 0 Å². The summed E-state index contributed by atoms with van der Waals surface area (Å²) in [6.07, 6.45) is -0.932. The van der Waals surface area contributed by atoms with E-state index in [-0.39, 0.29) is 11.6 Å². The molecule has 0 atom stereocenters. The van der Waals surface area contributed by atoms with E-state index in [2.05, 4.69) is 28.1 Å². The molecule has 190 valence electrons. The van der Waals surface area contributed by atoms with Crippen molar-refractivity contribution in [3.63, 3.8) is 0 Å². The Morgan fingerprint density at radius 3 is 2.28 bits per heavy atom. The molecule has 0 spiro atoms. The molecule has 36 heavy (non-hydrogen) atoms. The van der Waals surface area contributed by atoms with Gasteiger partial charge in [-0.15, -0.1) is 0 Å². The topological polar surface area (TPSA) is 36.7 Å². The number of hydrogen-bond acceptors (Lipinski definition) is 4. The average Bonchev–Trinajstić information content (AvgIpc) is 3.20. The number of benzene rings is 2. The molecule has 8 heteroatoms. The first-order valence-corrected chi connectivity index (χ1v) is 12.5. The minimum Gasteiger partial charge on any atom is -0.371 e. The van der Waals surface area contributed by atoms with Gasteiger partial charge in [0.2, 0.25) is 0 Å². The monoisotopic (exact) mass is 495 g/mol. The Kier molecular flexibility index (Phi) is 6.19. The Bertz CT molecular complexity index is 1410. The van der Waals surface area contributed by atoms with E-state index in [9.17, 15) is 13.2 Å². The molecule has 1 saturated heterocycles. The van der Waals surface area contributed by atoms with Gasteiger partial charge in [0.25, 0.3) is 0 Å². The van der Waals surface area contributed by atoms with Gasteiger partial charge >= 0.3 is 6.18 Å². The summed E-state index contributed by atoms with van der Waals surface area (Å²) in [7, 11) is 4.05. The van der Waals surface area contributed by atoms with Crippen molar-refractivity contribution in [2.24, 2.45) is 0 Å². The van der Waals surface area contributed by atoms with Gasteiger partial charge in [-0.3, -0.25) is 9.38 Å². The molecule has 0 saturated carbocycles. The van der Waals surface area contributed by atoms with E-state index in [1.807, 2.05) is 50.3 Å². The van der Waals surface area contributed by atoms with Crippen LogP contribution in [0.15, 0.2) is 42.6 Å². The van der Waals surface area contributed by atoms with Crippen LogP contribution in [0.5, 0.6) is 0 Å². The van der Waals surface area contributed by atoms with Crippen LogP contribution in [-0.4, -0.2) is 52.5 Å². The first-order chi connectivity index (χ1) is 17.0. The van der Waals surface area contributed by atoms with E-state index >= 15 is 0 Å².